The summed E-state index contributed by atoms with van der Waals surface area (Å²) in [5.41, 5.74) is 0. The Bertz CT molecular complexity index is 1020. The van der Waals surface area contributed by atoms with Gasteiger partial charge in [-0.05, 0) is 51.4 Å². The summed E-state index contributed by atoms with van der Waals surface area (Å²) in [5.74, 6) is -0.0274. The van der Waals surface area contributed by atoms with Crippen molar-refractivity contribution in [2.75, 3.05) is 13.2 Å². The van der Waals surface area contributed by atoms with Gasteiger partial charge in [-0.15, -0.1) is 0 Å². The molecule has 68 heavy (non-hydrogen) atoms. The molecule has 2 unspecified atom stereocenters. The highest BCUT2D eigenvalue weighted by molar-refractivity contribution is 5.76. The summed E-state index contributed by atoms with van der Waals surface area (Å²) < 4.78 is 5.48. The second-order valence-corrected chi connectivity index (χ2v) is 21.4. The van der Waals surface area contributed by atoms with Crippen molar-refractivity contribution in [3.63, 3.8) is 0 Å². The van der Waals surface area contributed by atoms with Crippen LogP contribution in [0.5, 0.6) is 0 Å². The van der Waals surface area contributed by atoms with Crippen LogP contribution in [0.4, 0.5) is 0 Å². The molecule has 0 aliphatic rings. The third kappa shape index (κ3) is 53.9. The third-order valence-electron chi connectivity index (χ3n) is 14.6. The highest BCUT2D eigenvalue weighted by atomic mass is 16.5. The van der Waals surface area contributed by atoms with E-state index in [1.54, 1.807) is 0 Å². The minimum atomic E-state index is -0.663. The lowest BCUT2D eigenvalue weighted by atomic mass is 10.0. The monoisotopic (exact) mass is 960 g/mol. The molecule has 1 amide bonds. The lowest BCUT2D eigenvalue weighted by molar-refractivity contribution is -0.143. The molecule has 0 aliphatic carbocycles. The van der Waals surface area contributed by atoms with Crippen LogP contribution in [-0.2, 0) is 14.3 Å². The van der Waals surface area contributed by atoms with E-state index in [4.69, 9.17) is 4.74 Å². The van der Waals surface area contributed by atoms with Gasteiger partial charge >= 0.3 is 5.97 Å². The Morgan fingerprint density at radius 3 is 1.04 bits per heavy atom. The van der Waals surface area contributed by atoms with Crippen LogP contribution in [0.1, 0.15) is 348 Å². The number of hydrogen-bond acceptors (Lipinski definition) is 5. The SMILES string of the molecule is CCCCCCC/C=C\CCCCCCCC(=O)OCCCCCCCCCCCCCCCCCCCCCCCCC(=O)NC(CO)C(O)CCCCCCCCCCCCCCCCC. The van der Waals surface area contributed by atoms with Crippen LogP contribution >= 0.6 is 0 Å². The topological polar surface area (TPSA) is 95.9 Å². The first-order valence-electron chi connectivity index (χ1n) is 30.9. The van der Waals surface area contributed by atoms with Crippen molar-refractivity contribution in [2.45, 2.75) is 360 Å². The minimum absolute atomic E-state index is 0.00540. The number of aliphatic hydroxyl groups excluding tert-OH is 2. The Labute approximate surface area is 425 Å². The smallest absolute Gasteiger partial charge is 0.305 e. The molecule has 2 atom stereocenters. The molecule has 0 saturated carbocycles. The Morgan fingerprint density at radius 2 is 0.691 bits per heavy atom. The molecular weight excluding hydrogens is 839 g/mol. The van der Waals surface area contributed by atoms with Gasteiger partial charge in [0.05, 0.1) is 25.4 Å². The number of carbonyl (C=O) groups is 2. The number of carbonyl (C=O) groups excluding carboxylic acids is 2. The van der Waals surface area contributed by atoms with Crippen LogP contribution in [0, 0.1) is 0 Å². The van der Waals surface area contributed by atoms with E-state index in [1.165, 1.54) is 270 Å². The average Bonchev–Trinajstić information content (AvgIpc) is 3.34. The highest BCUT2D eigenvalue weighted by Gasteiger charge is 2.20. The van der Waals surface area contributed by atoms with Gasteiger partial charge in [0, 0.05) is 12.8 Å². The molecule has 0 spiro atoms. The van der Waals surface area contributed by atoms with Gasteiger partial charge in [0.15, 0.2) is 0 Å². The van der Waals surface area contributed by atoms with Gasteiger partial charge in [0.25, 0.3) is 0 Å². The van der Waals surface area contributed by atoms with Crippen LogP contribution in [-0.4, -0.2) is 47.4 Å². The number of hydrogen-bond donors (Lipinski definition) is 3. The first kappa shape index (κ1) is 66.6. The van der Waals surface area contributed by atoms with Crippen molar-refractivity contribution >= 4 is 11.9 Å². The molecule has 0 heterocycles. The second-order valence-electron chi connectivity index (χ2n) is 21.4. The Balaban J connectivity index is 3.37. The Hall–Kier alpha value is -1.40. The van der Waals surface area contributed by atoms with Gasteiger partial charge in [-0.2, -0.15) is 0 Å². The molecule has 0 fully saturated rings. The first-order chi connectivity index (χ1) is 33.5. The molecule has 404 valence electrons. The minimum Gasteiger partial charge on any atom is -0.466 e. The number of amides is 1. The lowest BCUT2D eigenvalue weighted by Crippen LogP contribution is -2.45. The van der Waals surface area contributed by atoms with E-state index < -0.39 is 12.1 Å². The van der Waals surface area contributed by atoms with Crippen molar-refractivity contribution in [3.8, 4) is 0 Å². The van der Waals surface area contributed by atoms with E-state index >= 15 is 0 Å². The number of nitrogens with one attached hydrogen (secondary N) is 1. The van der Waals surface area contributed by atoms with E-state index in [1.807, 2.05) is 0 Å². The number of allylic oxidation sites excluding steroid dienone is 2. The van der Waals surface area contributed by atoms with Crippen LogP contribution in [0.25, 0.3) is 0 Å². The van der Waals surface area contributed by atoms with Crippen LogP contribution < -0.4 is 5.32 Å². The van der Waals surface area contributed by atoms with Gasteiger partial charge in [0.1, 0.15) is 0 Å². The fraction of sp³-hybridized carbons (Fsp3) is 0.935. The fourth-order valence-electron chi connectivity index (χ4n) is 9.81. The summed E-state index contributed by atoms with van der Waals surface area (Å²) in [6.45, 7) is 4.96. The zero-order chi connectivity index (χ0) is 49.3. The third-order valence-corrected chi connectivity index (χ3v) is 14.6. The van der Waals surface area contributed by atoms with Gasteiger partial charge in [-0.1, -0.05) is 296 Å². The van der Waals surface area contributed by atoms with Crippen LogP contribution in [0.2, 0.25) is 0 Å². The normalized spacial score (nSPS) is 12.6. The number of rotatable bonds is 58. The first-order valence-corrected chi connectivity index (χ1v) is 30.9. The predicted octanol–water partition coefficient (Wildman–Crippen LogP) is 19.2. The predicted molar refractivity (Wildman–Crippen MR) is 297 cm³/mol. The van der Waals surface area contributed by atoms with E-state index in [9.17, 15) is 19.8 Å². The standard InChI is InChI=1S/C62H121NO5/c1-3-5-7-9-11-13-15-17-27-30-34-38-42-46-50-54-60(65)59(58-64)63-61(66)55-51-47-43-39-35-31-28-25-23-21-19-20-22-24-26-29-33-37-41-45-49-53-57-68-62(67)56-52-48-44-40-36-32-18-16-14-12-10-8-6-4-2/h16,18,59-60,64-65H,3-15,17,19-58H2,1-2H3,(H,63,66)/b18-16-. The largest absolute Gasteiger partial charge is 0.466 e. The lowest BCUT2D eigenvalue weighted by Gasteiger charge is -2.22. The molecule has 6 heteroatoms. The second kappa shape index (κ2) is 58.2. The van der Waals surface area contributed by atoms with E-state index in [0.29, 0.717) is 25.9 Å². The maximum absolute atomic E-state index is 12.5. The Morgan fingerprint density at radius 1 is 0.397 bits per heavy atom. The summed E-state index contributed by atoms with van der Waals surface area (Å²) in [5, 5.41) is 23.3. The van der Waals surface area contributed by atoms with Crippen molar-refractivity contribution in [2.24, 2.45) is 0 Å². The van der Waals surface area contributed by atoms with Crippen LogP contribution in [0.15, 0.2) is 12.2 Å². The molecule has 0 bridgehead atoms. The van der Waals surface area contributed by atoms with Crippen molar-refractivity contribution in [3.05, 3.63) is 12.2 Å². The van der Waals surface area contributed by atoms with Gasteiger partial charge in [-0.3, -0.25) is 9.59 Å². The van der Waals surface area contributed by atoms with Gasteiger partial charge in [0.2, 0.25) is 5.91 Å². The van der Waals surface area contributed by atoms with Crippen molar-refractivity contribution < 1.29 is 24.5 Å². The zero-order valence-corrected chi connectivity index (χ0v) is 46.1. The summed E-state index contributed by atoms with van der Waals surface area (Å²) in [6, 6.07) is -0.541. The zero-order valence-electron chi connectivity index (χ0n) is 46.1. The summed E-state index contributed by atoms with van der Waals surface area (Å²) in [7, 11) is 0. The molecule has 0 aromatic rings. The summed E-state index contributed by atoms with van der Waals surface area (Å²) in [6.07, 6.45) is 69.3. The number of unbranched alkanes of at least 4 members (excludes halogenated alkanes) is 45. The fourth-order valence-corrected chi connectivity index (χ4v) is 9.81. The van der Waals surface area contributed by atoms with E-state index in [2.05, 4.69) is 31.3 Å². The quantitative estimate of drug-likeness (QED) is 0.0321. The molecule has 0 radical (unpaired) electrons. The maximum atomic E-state index is 12.5. The highest BCUT2D eigenvalue weighted by Crippen LogP contribution is 2.18. The molecule has 3 N–H and O–H groups in total. The maximum Gasteiger partial charge on any atom is 0.305 e. The molecular formula is C62H121NO5. The molecule has 0 aromatic heterocycles. The number of aliphatic hydroxyl groups is 2. The molecule has 0 aliphatic heterocycles. The molecule has 0 saturated heterocycles. The van der Waals surface area contributed by atoms with Gasteiger partial charge < -0.3 is 20.3 Å². The Kier molecular flexibility index (Phi) is 57.0. The van der Waals surface area contributed by atoms with E-state index in [-0.39, 0.29) is 18.5 Å². The number of esters is 1. The van der Waals surface area contributed by atoms with Crippen molar-refractivity contribution in [1.29, 1.82) is 0 Å². The van der Waals surface area contributed by atoms with E-state index in [0.717, 1.165) is 44.9 Å². The summed E-state index contributed by atoms with van der Waals surface area (Å²) >= 11 is 0. The summed E-state index contributed by atoms with van der Waals surface area (Å²) in [4.78, 5) is 24.5. The van der Waals surface area contributed by atoms with Gasteiger partial charge in [-0.25, -0.2) is 0 Å². The van der Waals surface area contributed by atoms with Crippen molar-refractivity contribution in [1.82, 2.24) is 5.32 Å². The average molecular weight is 961 g/mol. The molecule has 0 aromatic carbocycles. The molecule has 0 rings (SSSR count). The number of ether oxygens (including phenoxy) is 1. The van der Waals surface area contributed by atoms with Crippen LogP contribution in [0.3, 0.4) is 0 Å². The molecule has 6 nitrogen and oxygen atoms in total.